The molecule has 1 aliphatic heterocycles. The van der Waals surface area contributed by atoms with E-state index in [1.807, 2.05) is 12.1 Å². The van der Waals surface area contributed by atoms with Gasteiger partial charge >= 0.3 is 0 Å². The summed E-state index contributed by atoms with van der Waals surface area (Å²) in [5.74, 6) is 0.958. The first-order valence-electron chi connectivity index (χ1n) is 10.4. The molecule has 9 heteroatoms. The third kappa shape index (κ3) is 4.75. The smallest absolute Gasteiger partial charge is 0.257 e. The topological polar surface area (TPSA) is 80.5 Å². The Morgan fingerprint density at radius 3 is 2.47 bits per heavy atom. The monoisotopic (exact) mass is 474 g/mol. The van der Waals surface area contributed by atoms with E-state index in [-0.39, 0.29) is 18.1 Å². The van der Waals surface area contributed by atoms with E-state index in [1.165, 1.54) is 0 Å². The minimum Gasteiger partial charge on any atom is -0.372 e. The Morgan fingerprint density at radius 2 is 1.84 bits per heavy atom. The van der Waals surface area contributed by atoms with Crippen LogP contribution >= 0.6 is 23.2 Å². The molecule has 0 spiro atoms. The van der Waals surface area contributed by atoms with Gasteiger partial charge in [0.05, 0.1) is 22.3 Å². The van der Waals surface area contributed by atoms with Crippen molar-refractivity contribution in [2.24, 2.45) is 0 Å². The van der Waals surface area contributed by atoms with E-state index < -0.39 is 0 Å². The maximum atomic E-state index is 13.0. The van der Waals surface area contributed by atoms with Crippen LogP contribution in [0.25, 0.3) is 11.3 Å². The number of amides is 1. The Bertz CT molecular complexity index is 1090. The molecule has 0 bridgehead atoms. The molecule has 3 heterocycles. The van der Waals surface area contributed by atoms with E-state index in [9.17, 15) is 4.79 Å². The van der Waals surface area contributed by atoms with Crippen molar-refractivity contribution in [1.82, 2.24) is 15.5 Å². The molecule has 0 saturated carbocycles. The molecular formula is C23H24Cl2N4O3. The van der Waals surface area contributed by atoms with Crippen LogP contribution in [0.2, 0.25) is 10.0 Å². The summed E-state index contributed by atoms with van der Waals surface area (Å²) in [6, 6.07) is 9.04. The number of anilines is 1. The number of hydrogen-bond donors (Lipinski definition) is 1. The number of pyridine rings is 1. The van der Waals surface area contributed by atoms with Gasteiger partial charge in [0.2, 0.25) is 0 Å². The highest BCUT2D eigenvalue weighted by atomic mass is 35.5. The van der Waals surface area contributed by atoms with Crippen molar-refractivity contribution in [3.05, 3.63) is 63.5 Å². The van der Waals surface area contributed by atoms with E-state index in [0.29, 0.717) is 39.2 Å². The van der Waals surface area contributed by atoms with E-state index in [4.69, 9.17) is 32.5 Å². The van der Waals surface area contributed by atoms with Crippen LogP contribution in [-0.2, 0) is 11.3 Å². The lowest BCUT2D eigenvalue weighted by molar-refractivity contribution is -0.00546. The normalized spacial score (nSPS) is 18.6. The molecule has 4 rings (SSSR count). The molecule has 1 amide bonds. The zero-order valence-electron chi connectivity index (χ0n) is 18.1. The summed E-state index contributed by atoms with van der Waals surface area (Å²) in [5.41, 5.74) is 1.97. The molecule has 2 unspecified atom stereocenters. The average molecular weight is 475 g/mol. The molecule has 168 valence electrons. The number of morpholine rings is 1. The van der Waals surface area contributed by atoms with Crippen molar-refractivity contribution in [2.75, 3.05) is 18.0 Å². The molecule has 7 nitrogen and oxygen atoms in total. The first kappa shape index (κ1) is 22.6. The molecular weight excluding hydrogens is 451 g/mol. The molecule has 3 aromatic rings. The molecule has 1 saturated heterocycles. The number of carbonyl (C=O) groups excluding carboxylic acids is 1. The first-order valence-corrected chi connectivity index (χ1v) is 11.1. The number of ether oxygens (including phenoxy) is 1. The van der Waals surface area contributed by atoms with Crippen LogP contribution in [0.15, 0.2) is 41.1 Å². The van der Waals surface area contributed by atoms with Gasteiger partial charge in [-0.25, -0.2) is 4.98 Å². The van der Waals surface area contributed by atoms with E-state index in [1.54, 1.807) is 31.3 Å². The van der Waals surface area contributed by atoms with Crippen LogP contribution in [0.5, 0.6) is 0 Å². The number of carbonyl (C=O) groups is 1. The summed E-state index contributed by atoms with van der Waals surface area (Å²) in [5, 5.41) is 7.72. The maximum Gasteiger partial charge on any atom is 0.257 e. The van der Waals surface area contributed by atoms with Crippen molar-refractivity contribution in [3.63, 3.8) is 0 Å². The first-order chi connectivity index (χ1) is 15.3. The summed E-state index contributed by atoms with van der Waals surface area (Å²) < 4.78 is 11.1. The van der Waals surface area contributed by atoms with Crippen LogP contribution in [0, 0.1) is 6.92 Å². The largest absolute Gasteiger partial charge is 0.372 e. The van der Waals surface area contributed by atoms with E-state index >= 15 is 0 Å². The third-order valence-corrected chi connectivity index (χ3v) is 5.93. The van der Waals surface area contributed by atoms with Crippen LogP contribution < -0.4 is 10.2 Å². The minimum absolute atomic E-state index is 0.159. The molecule has 32 heavy (non-hydrogen) atoms. The van der Waals surface area contributed by atoms with Gasteiger partial charge in [-0.1, -0.05) is 40.5 Å². The molecule has 1 aliphatic rings. The lowest BCUT2D eigenvalue weighted by Crippen LogP contribution is -2.45. The van der Waals surface area contributed by atoms with Crippen molar-refractivity contribution >= 4 is 34.9 Å². The SMILES string of the molecule is Cc1onc(-c2c(Cl)cccc2Cl)c1C(=O)NCc1ccc(N2CC(C)OC(C)C2)nc1. The highest BCUT2D eigenvalue weighted by Crippen LogP contribution is 2.36. The number of nitrogens with one attached hydrogen (secondary N) is 1. The summed E-state index contributed by atoms with van der Waals surface area (Å²) >= 11 is 12.6. The van der Waals surface area contributed by atoms with Gasteiger partial charge in [-0.15, -0.1) is 0 Å². The fraction of sp³-hybridized carbons (Fsp3) is 0.348. The number of aromatic nitrogens is 2. The second-order valence-electron chi connectivity index (χ2n) is 7.93. The fourth-order valence-electron chi connectivity index (χ4n) is 3.88. The zero-order valence-corrected chi connectivity index (χ0v) is 19.6. The van der Waals surface area contributed by atoms with Gasteiger partial charge in [-0.2, -0.15) is 0 Å². The van der Waals surface area contributed by atoms with Crippen molar-refractivity contribution in [1.29, 1.82) is 0 Å². The predicted molar refractivity (Wildman–Crippen MR) is 124 cm³/mol. The van der Waals surface area contributed by atoms with Crippen molar-refractivity contribution < 1.29 is 14.1 Å². The summed E-state index contributed by atoms with van der Waals surface area (Å²) in [6.07, 6.45) is 2.09. The Kier molecular flexibility index (Phi) is 6.69. The number of aryl methyl sites for hydroxylation is 1. The van der Waals surface area contributed by atoms with Crippen molar-refractivity contribution in [2.45, 2.75) is 39.5 Å². The fourth-order valence-corrected chi connectivity index (χ4v) is 4.45. The number of benzene rings is 1. The van der Waals surface area contributed by atoms with Gasteiger partial charge < -0.3 is 19.5 Å². The molecule has 0 aliphatic carbocycles. The summed E-state index contributed by atoms with van der Waals surface area (Å²) in [6.45, 7) is 7.70. The average Bonchev–Trinajstić information content (AvgIpc) is 3.12. The number of hydrogen-bond acceptors (Lipinski definition) is 6. The van der Waals surface area contributed by atoms with Gasteiger partial charge in [-0.05, 0) is 44.5 Å². The van der Waals surface area contributed by atoms with Gasteiger partial charge in [0.25, 0.3) is 5.91 Å². The van der Waals surface area contributed by atoms with E-state index in [2.05, 4.69) is 34.2 Å². The standard InChI is InChI=1S/C23H24Cl2N4O3/c1-13-11-29(12-14(2)31-13)19-8-7-16(9-26-19)10-27-23(30)20-15(3)32-28-22(20)21-17(24)5-4-6-18(21)25/h4-9,13-14H,10-12H2,1-3H3,(H,27,30). The predicted octanol–water partition coefficient (Wildman–Crippen LogP) is 4.90. The van der Waals surface area contributed by atoms with Gasteiger partial charge in [-0.3, -0.25) is 4.79 Å². The summed E-state index contributed by atoms with van der Waals surface area (Å²) in [7, 11) is 0. The van der Waals surface area contributed by atoms with Crippen LogP contribution in [-0.4, -0.2) is 41.3 Å². The Morgan fingerprint density at radius 1 is 1.16 bits per heavy atom. The van der Waals surface area contributed by atoms with E-state index in [0.717, 1.165) is 24.5 Å². The van der Waals surface area contributed by atoms with Crippen LogP contribution in [0.3, 0.4) is 0 Å². The van der Waals surface area contributed by atoms with Crippen molar-refractivity contribution in [3.8, 4) is 11.3 Å². The summed E-state index contributed by atoms with van der Waals surface area (Å²) in [4.78, 5) is 19.7. The Labute approximate surface area is 196 Å². The highest BCUT2D eigenvalue weighted by Gasteiger charge is 2.25. The molecule has 1 N–H and O–H groups in total. The third-order valence-electron chi connectivity index (χ3n) is 5.30. The van der Waals surface area contributed by atoms with Crippen LogP contribution in [0.1, 0.15) is 35.5 Å². The zero-order chi connectivity index (χ0) is 22.8. The second kappa shape index (κ2) is 9.48. The van der Waals surface area contributed by atoms with Crippen LogP contribution in [0.4, 0.5) is 5.82 Å². The lowest BCUT2D eigenvalue weighted by atomic mass is 10.1. The number of nitrogens with zero attached hydrogens (tertiary/aromatic N) is 3. The molecule has 1 fully saturated rings. The number of rotatable bonds is 5. The molecule has 0 radical (unpaired) electrons. The Hall–Kier alpha value is -2.61. The highest BCUT2D eigenvalue weighted by molar-refractivity contribution is 6.39. The second-order valence-corrected chi connectivity index (χ2v) is 8.74. The maximum absolute atomic E-state index is 13.0. The molecule has 2 atom stereocenters. The lowest BCUT2D eigenvalue weighted by Gasteiger charge is -2.36. The Balaban J connectivity index is 1.46. The molecule has 2 aromatic heterocycles. The van der Waals surface area contributed by atoms with Gasteiger partial charge in [0.1, 0.15) is 22.8 Å². The minimum atomic E-state index is -0.324. The molecule has 1 aromatic carbocycles. The van der Waals surface area contributed by atoms with Gasteiger partial charge in [0, 0.05) is 31.4 Å². The number of halogens is 2. The van der Waals surface area contributed by atoms with Gasteiger partial charge in [0.15, 0.2) is 0 Å². The quantitative estimate of drug-likeness (QED) is 0.566.